The van der Waals surface area contributed by atoms with Crippen LogP contribution < -0.4 is 4.74 Å². The summed E-state index contributed by atoms with van der Waals surface area (Å²) in [6.07, 6.45) is 0.783. The Morgan fingerprint density at radius 2 is 2.00 bits per heavy atom. The summed E-state index contributed by atoms with van der Waals surface area (Å²) in [6.45, 7) is 0. The highest BCUT2D eigenvalue weighted by Crippen LogP contribution is 2.32. The Bertz CT molecular complexity index is 547. The first-order valence-electron chi connectivity index (χ1n) is 5.17. The molecule has 0 fully saturated rings. The summed E-state index contributed by atoms with van der Waals surface area (Å²) < 4.78 is 5.24. The van der Waals surface area contributed by atoms with E-state index in [1.807, 2.05) is 6.07 Å². The van der Waals surface area contributed by atoms with E-state index in [1.165, 1.54) is 0 Å². The first kappa shape index (κ1) is 11.2. The fourth-order valence-corrected chi connectivity index (χ4v) is 1.70. The molecule has 1 N–H and O–H groups in total. The van der Waals surface area contributed by atoms with E-state index in [0.717, 1.165) is 17.4 Å². The van der Waals surface area contributed by atoms with E-state index < -0.39 is 0 Å². The molecule has 0 aromatic heterocycles. The zero-order valence-electron chi connectivity index (χ0n) is 9.38. The van der Waals surface area contributed by atoms with Gasteiger partial charge >= 0.3 is 0 Å². The lowest BCUT2D eigenvalue weighted by Gasteiger charge is -2.09. The summed E-state index contributed by atoms with van der Waals surface area (Å²) in [5.41, 5.74) is 2.17. The predicted octanol–water partition coefficient (Wildman–Crippen LogP) is 2.88. The first-order chi connectivity index (χ1) is 8.24. The first-order valence-corrected chi connectivity index (χ1v) is 5.17. The number of benzene rings is 2. The molecule has 2 aromatic rings. The van der Waals surface area contributed by atoms with Crippen LogP contribution in [-0.2, 0) is 0 Å². The topological polar surface area (TPSA) is 46.5 Å². The van der Waals surface area contributed by atoms with Crippen molar-refractivity contribution in [2.24, 2.45) is 0 Å². The monoisotopic (exact) mass is 228 g/mol. The Kier molecular flexibility index (Phi) is 3.10. The van der Waals surface area contributed by atoms with Crippen molar-refractivity contribution in [3.63, 3.8) is 0 Å². The molecule has 3 heteroatoms. The minimum Gasteiger partial charge on any atom is -0.508 e. The molecule has 0 saturated heterocycles. The number of phenols is 1. The molecule has 0 aliphatic heterocycles. The molecule has 0 aliphatic rings. The van der Waals surface area contributed by atoms with Crippen molar-refractivity contribution in [1.82, 2.24) is 0 Å². The number of carbonyl (C=O) groups is 1. The van der Waals surface area contributed by atoms with Crippen LogP contribution in [0.25, 0.3) is 11.1 Å². The van der Waals surface area contributed by atoms with Crippen LogP contribution >= 0.6 is 0 Å². The van der Waals surface area contributed by atoms with E-state index in [0.29, 0.717) is 11.3 Å². The second-order valence-electron chi connectivity index (χ2n) is 3.63. The lowest BCUT2D eigenvalue weighted by molar-refractivity contribution is 0.112. The maximum absolute atomic E-state index is 10.8. The number of ether oxygens (including phenoxy) is 1. The average Bonchev–Trinajstić information content (AvgIpc) is 2.38. The van der Waals surface area contributed by atoms with Crippen molar-refractivity contribution in [1.29, 1.82) is 0 Å². The van der Waals surface area contributed by atoms with Crippen LogP contribution in [0.4, 0.5) is 0 Å². The molecule has 0 spiro atoms. The molecule has 0 unspecified atom stereocenters. The number of carbonyl (C=O) groups excluding carboxylic acids is 1. The zero-order chi connectivity index (χ0) is 12.3. The Hall–Kier alpha value is -2.29. The highest BCUT2D eigenvalue weighted by Gasteiger charge is 2.07. The third-order valence-electron chi connectivity index (χ3n) is 2.52. The van der Waals surface area contributed by atoms with Crippen LogP contribution in [0, 0.1) is 0 Å². The van der Waals surface area contributed by atoms with Crippen LogP contribution in [0.1, 0.15) is 10.4 Å². The van der Waals surface area contributed by atoms with Gasteiger partial charge in [0.2, 0.25) is 0 Å². The van der Waals surface area contributed by atoms with Gasteiger partial charge in [-0.2, -0.15) is 0 Å². The standard InChI is InChI=1S/C14H12O3/c1-17-14-6-5-10(9-15)7-13(14)11-3-2-4-12(16)8-11/h2-9,16H,1H3. The molecule has 0 aliphatic carbocycles. The molecule has 0 atom stereocenters. The minimum absolute atomic E-state index is 0.182. The zero-order valence-corrected chi connectivity index (χ0v) is 9.38. The summed E-state index contributed by atoms with van der Waals surface area (Å²) in [6, 6.07) is 12.0. The van der Waals surface area contributed by atoms with E-state index in [9.17, 15) is 9.90 Å². The molecule has 17 heavy (non-hydrogen) atoms. The highest BCUT2D eigenvalue weighted by atomic mass is 16.5. The Labute approximate surface area is 99.3 Å². The van der Waals surface area contributed by atoms with E-state index in [2.05, 4.69) is 0 Å². The predicted molar refractivity (Wildman–Crippen MR) is 65.5 cm³/mol. The fourth-order valence-electron chi connectivity index (χ4n) is 1.70. The fraction of sp³-hybridized carbons (Fsp3) is 0.0714. The van der Waals surface area contributed by atoms with Crippen molar-refractivity contribution >= 4 is 6.29 Å². The summed E-state index contributed by atoms with van der Waals surface area (Å²) in [5, 5.41) is 9.45. The molecule has 0 bridgehead atoms. The highest BCUT2D eigenvalue weighted by molar-refractivity contribution is 5.81. The van der Waals surface area contributed by atoms with Gasteiger partial charge in [-0.1, -0.05) is 12.1 Å². The molecule has 0 saturated carbocycles. The molecule has 0 amide bonds. The number of phenolic OH excluding ortho intramolecular Hbond substituents is 1. The summed E-state index contributed by atoms with van der Waals surface area (Å²) >= 11 is 0. The van der Waals surface area contributed by atoms with Gasteiger partial charge in [-0.05, 0) is 35.9 Å². The molecule has 0 radical (unpaired) electrons. The van der Waals surface area contributed by atoms with Crippen LogP contribution in [-0.4, -0.2) is 18.5 Å². The Balaban J connectivity index is 2.59. The molecule has 86 valence electrons. The number of hydrogen-bond donors (Lipinski definition) is 1. The molecular formula is C14H12O3. The lowest BCUT2D eigenvalue weighted by Crippen LogP contribution is -1.90. The van der Waals surface area contributed by atoms with Gasteiger partial charge in [0, 0.05) is 11.1 Å². The van der Waals surface area contributed by atoms with Gasteiger partial charge in [0.15, 0.2) is 0 Å². The van der Waals surface area contributed by atoms with E-state index in [1.54, 1.807) is 43.5 Å². The third-order valence-corrected chi connectivity index (χ3v) is 2.52. The van der Waals surface area contributed by atoms with Gasteiger partial charge in [-0.3, -0.25) is 4.79 Å². The molecule has 0 heterocycles. The van der Waals surface area contributed by atoms with Crippen molar-refractivity contribution in [3.8, 4) is 22.6 Å². The minimum atomic E-state index is 0.182. The van der Waals surface area contributed by atoms with Gasteiger partial charge in [0.05, 0.1) is 7.11 Å². The van der Waals surface area contributed by atoms with E-state index >= 15 is 0 Å². The summed E-state index contributed by atoms with van der Waals surface area (Å²) in [4.78, 5) is 10.8. The SMILES string of the molecule is COc1ccc(C=O)cc1-c1cccc(O)c1. The van der Waals surface area contributed by atoms with Crippen LogP contribution in [0.2, 0.25) is 0 Å². The van der Waals surface area contributed by atoms with E-state index in [-0.39, 0.29) is 5.75 Å². The summed E-state index contributed by atoms with van der Waals surface area (Å²) in [7, 11) is 1.57. The van der Waals surface area contributed by atoms with Gasteiger partial charge in [-0.15, -0.1) is 0 Å². The maximum atomic E-state index is 10.8. The third kappa shape index (κ3) is 2.28. The quantitative estimate of drug-likeness (QED) is 0.821. The number of aromatic hydroxyl groups is 1. The van der Waals surface area contributed by atoms with Crippen molar-refractivity contribution in [2.75, 3.05) is 7.11 Å². The number of rotatable bonds is 3. The van der Waals surface area contributed by atoms with E-state index in [4.69, 9.17) is 4.74 Å². The molecular weight excluding hydrogens is 216 g/mol. The normalized spacial score (nSPS) is 9.94. The maximum Gasteiger partial charge on any atom is 0.150 e. The Morgan fingerprint density at radius 3 is 2.65 bits per heavy atom. The molecule has 3 nitrogen and oxygen atoms in total. The van der Waals surface area contributed by atoms with Crippen LogP contribution in [0.3, 0.4) is 0 Å². The second kappa shape index (κ2) is 4.70. The second-order valence-corrected chi connectivity index (χ2v) is 3.63. The number of methoxy groups -OCH3 is 1. The summed E-state index contributed by atoms with van der Waals surface area (Å²) in [5.74, 6) is 0.849. The molecule has 2 rings (SSSR count). The van der Waals surface area contributed by atoms with Gasteiger partial charge in [0.1, 0.15) is 17.8 Å². The average molecular weight is 228 g/mol. The number of aldehydes is 1. The van der Waals surface area contributed by atoms with Crippen LogP contribution in [0.15, 0.2) is 42.5 Å². The van der Waals surface area contributed by atoms with Gasteiger partial charge in [0.25, 0.3) is 0 Å². The lowest BCUT2D eigenvalue weighted by atomic mass is 10.0. The number of hydrogen-bond acceptors (Lipinski definition) is 3. The van der Waals surface area contributed by atoms with Crippen molar-refractivity contribution in [2.45, 2.75) is 0 Å². The van der Waals surface area contributed by atoms with Crippen molar-refractivity contribution < 1.29 is 14.6 Å². The molecule has 2 aromatic carbocycles. The smallest absolute Gasteiger partial charge is 0.150 e. The largest absolute Gasteiger partial charge is 0.508 e. The Morgan fingerprint density at radius 1 is 1.18 bits per heavy atom. The van der Waals surface area contributed by atoms with Gasteiger partial charge < -0.3 is 9.84 Å². The van der Waals surface area contributed by atoms with Gasteiger partial charge in [-0.25, -0.2) is 0 Å². The van der Waals surface area contributed by atoms with Crippen molar-refractivity contribution in [3.05, 3.63) is 48.0 Å². The van der Waals surface area contributed by atoms with Crippen LogP contribution in [0.5, 0.6) is 11.5 Å².